The number of hydrogen-bond donors (Lipinski definition) is 1. The van der Waals surface area contributed by atoms with Crippen molar-refractivity contribution in [2.75, 3.05) is 41.3 Å². The molecule has 1 heterocycles. The van der Waals surface area contributed by atoms with Gasteiger partial charge in [-0.15, -0.1) is 0 Å². The predicted octanol–water partition coefficient (Wildman–Crippen LogP) is 4.63. The van der Waals surface area contributed by atoms with Crippen LogP contribution in [-0.4, -0.2) is 32.1 Å². The summed E-state index contributed by atoms with van der Waals surface area (Å²) in [6.07, 6.45) is 1.25. The molecular weight excluding hydrogens is 322 g/mol. The van der Waals surface area contributed by atoms with Crippen LogP contribution in [0.3, 0.4) is 0 Å². The first-order valence-corrected chi connectivity index (χ1v) is 9.62. The van der Waals surface area contributed by atoms with Crippen LogP contribution < -0.4 is 15.1 Å². The Labute approximate surface area is 156 Å². The number of nitrogens with one attached hydrogen (secondary N) is 1. The van der Waals surface area contributed by atoms with Gasteiger partial charge >= 0.3 is 0 Å². The monoisotopic (exact) mass is 351 g/mol. The second-order valence-electron chi connectivity index (χ2n) is 7.06. The van der Waals surface area contributed by atoms with Crippen LogP contribution in [0, 0.1) is 5.92 Å². The lowest BCUT2D eigenvalue weighted by molar-refractivity contribution is 0.102. The van der Waals surface area contributed by atoms with Crippen molar-refractivity contribution in [1.82, 2.24) is 0 Å². The van der Waals surface area contributed by atoms with E-state index in [1.165, 1.54) is 12.1 Å². The van der Waals surface area contributed by atoms with E-state index in [4.69, 9.17) is 0 Å². The fourth-order valence-corrected chi connectivity index (χ4v) is 3.54. The first-order valence-electron chi connectivity index (χ1n) is 9.62. The van der Waals surface area contributed by atoms with E-state index >= 15 is 0 Å². The molecule has 0 radical (unpaired) electrons. The normalized spacial score (nSPS) is 16.6. The molecule has 26 heavy (non-hydrogen) atoms. The minimum Gasteiger partial charge on any atom is -0.372 e. The second kappa shape index (κ2) is 8.26. The molecule has 2 aromatic rings. The van der Waals surface area contributed by atoms with Crippen molar-refractivity contribution < 1.29 is 4.79 Å². The quantitative estimate of drug-likeness (QED) is 0.824. The minimum atomic E-state index is -0.0707. The molecule has 4 nitrogen and oxygen atoms in total. The van der Waals surface area contributed by atoms with E-state index in [0.717, 1.165) is 43.5 Å². The number of anilines is 3. The Morgan fingerprint density at radius 2 is 1.73 bits per heavy atom. The maximum atomic E-state index is 12.5. The van der Waals surface area contributed by atoms with E-state index in [1.54, 1.807) is 0 Å². The van der Waals surface area contributed by atoms with Gasteiger partial charge in [0, 0.05) is 48.8 Å². The van der Waals surface area contributed by atoms with E-state index in [1.807, 2.05) is 36.4 Å². The SMILES string of the molecule is CCN(CC)c1ccc(C(=O)Nc2ccc(N3CCC(C)C3)cc2)cc1. The van der Waals surface area contributed by atoms with Crippen molar-refractivity contribution >= 4 is 23.0 Å². The summed E-state index contributed by atoms with van der Waals surface area (Å²) < 4.78 is 0. The zero-order chi connectivity index (χ0) is 18.5. The molecule has 0 aromatic heterocycles. The summed E-state index contributed by atoms with van der Waals surface area (Å²) in [5.41, 5.74) is 3.89. The molecule has 0 spiro atoms. The number of benzene rings is 2. The van der Waals surface area contributed by atoms with Gasteiger partial charge in [0.1, 0.15) is 0 Å². The molecule has 4 heteroatoms. The second-order valence-corrected chi connectivity index (χ2v) is 7.06. The van der Waals surface area contributed by atoms with Crippen LogP contribution in [0.5, 0.6) is 0 Å². The highest BCUT2D eigenvalue weighted by atomic mass is 16.1. The zero-order valence-electron chi connectivity index (χ0n) is 16.0. The molecule has 1 unspecified atom stereocenters. The molecule has 1 aliphatic rings. The van der Waals surface area contributed by atoms with Gasteiger partial charge in [0.2, 0.25) is 0 Å². The molecular formula is C22H29N3O. The molecule has 1 fully saturated rings. The summed E-state index contributed by atoms with van der Waals surface area (Å²) in [5.74, 6) is 0.687. The van der Waals surface area contributed by atoms with Crippen molar-refractivity contribution in [3.05, 3.63) is 54.1 Å². The Hall–Kier alpha value is -2.49. The van der Waals surface area contributed by atoms with Gasteiger partial charge in [-0.2, -0.15) is 0 Å². The van der Waals surface area contributed by atoms with E-state index in [0.29, 0.717) is 5.56 Å². The average molecular weight is 351 g/mol. The van der Waals surface area contributed by atoms with E-state index in [-0.39, 0.29) is 5.91 Å². The fraction of sp³-hybridized carbons (Fsp3) is 0.409. The van der Waals surface area contributed by atoms with Gasteiger partial charge in [-0.25, -0.2) is 0 Å². The minimum absolute atomic E-state index is 0.0707. The maximum Gasteiger partial charge on any atom is 0.255 e. The van der Waals surface area contributed by atoms with Crippen molar-refractivity contribution in [3.8, 4) is 0 Å². The Bertz CT molecular complexity index is 720. The molecule has 1 amide bonds. The van der Waals surface area contributed by atoms with Gasteiger partial charge in [0.15, 0.2) is 0 Å². The lowest BCUT2D eigenvalue weighted by Gasteiger charge is -2.21. The number of hydrogen-bond acceptors (Lipinski definition) is 3. The first-order chi connectivity index (χ1) is 12.6. The summed E-state index contributed by atoms with van der Waals surface area (Å²) >= 11 is 0. The third-order valence-corrected chi connectivity index (χ3v) is 5.17. The lowest BCUT2D eigenvalue weighted by Crippen LogP contribution is -2.21. The van der Waals surface area contributed by atoms with E-state index < -0.39 is 0 Å². The fourth-order valence-electron chi connectivity index (χ4n) is 3.54. The highest BCUT2D eigenvalue weighted by molar-refractivity contribution is 6.04. The van der Waals surface area contributed by atoms with Crippen molar-refractivity contribution in [1.29, 1.82) is 0 Å². The van der Waals surface area contributed by atoms with Crippen molar-refractivity contribution in [3.63, 3.8) is 0 Å². The summed E-state index contributed by atoms with van der Waals surface area (Å²) in [4.78, 5) is 17.2. The highest BCUT2D eigenvalue weighted by Gasteiger charge is 2.18. The molecule has 0 saturated carbocycles. The predicted molar refractivity (Wildman–Crippen MR) is 110 cm³/mol. The molecule has 1 N–H and O–H groups in total. The van der Waals surface area contributed by atoms with Crippen molar-refractivity contribution in [2.45, 2.75) is 27.2 Å². The van der Waals surface area contributed by atoms with Crippen LogP contribution in [-0.2, 0) is 0 Å². The van der Waals surface area contributed by atoms with Gasteiger partial charge in [-0.05, 0) is 74.7 Å². The summed E-state index contributed by atoms with van der Waals surface area (Å²) in [6.45, 7) is 10.7. The highest BCUT2D eigenvalue weighted by Crippen LogP contribution is 2.25. The molecule has 0 aliphatic carbocycles. The topological polar surface area (TPSA) is 35.6 Å². The van der Waals surface area contributed by atoms with Gasteiger partial charge in [-0.1, -0.05) is 6.92 Å². The maximum absolute atomic E-state index is 12.5. The Balaban J connectivity index is 1.62. The number of rotatable bonds is 6. The number of nitrogens with zero attached hydrogens (tertiary/aromatic N) is 2. The first kappa shape index (κ1) is 18.3. The number of amides is 1. The smallest absolute Gasteiger partial charge is 0.255 e. The molecule has 138 valence electrons. The van der Waals surface area contributed by atoms with E-state index in [2.05, 4.69) is 48.0 Å². The third kappa shape index (κ3) is 4.18. The van der Waals surface area contributed by atoms with Crippen LogP contribution in [0.1, 0.15) is 37.6 Å². The Kier molecular flexibility index (Phi) is 5.82. The molecule has 3 rings (SSSR count). The van der Waals surface area contributed by atoms with Crippen LogP contribution in [0.2, 0.25) is 0 Å². The summed E-state index contributed by atoms with van der Waals surface area (Å²) in [5, 5.41) is 2.99. The number of carbonyl (C=O) groups is 1. The molecule has 1 aliphatic heterocycles. The van der Waals surface area contributed by atoms with E-state index in [9.17, 15) is 4.79 Å². The molecule has 2 aromatic carbocycles. The molecule has 0 bridgehead atoms. The van der Waals surface area contributed by atoms with Gasteiger partial charge in [-0.3, -0.25) is 4.79 Å². The summed E-state index contributed by atoms with van der Waals surface area (Å²) in [6, 6.07) is 16.0. The van der Waals surface area contributed by atoms with Crippen LogP contribution >= 0.6 is 0 Å². The van der Waals surface area contributed by atoms with Crippen molar-refractivity contribution in [2.24, 2.45) is 5.92 Å². The zero-order valence-corrected chi connectivity index (χ0v) is 16.0. The third-order valence-electron chi connectivity index (χ3n) is 5.17. The van der Waals surface area contributed by atoms with Gasteiger partial charge in [0.05, 0.1) is 0 Å². The largest absolute Gasteiger partial charge is 0.372 e. The van der Waals surface area contributed by atoms with Gasteiger partial charge in [0.25, 0.3) is 5.91 Å². The average Bonchev–Trinajstić information content (AvgIpc) is 3.10. The van der Waals surface area contributed by atoms with Crippen LogP contribution in [0.25, 0.3) is 0 Å². The van der Waals surface area contributed by atoms with Gasteiger partial charge < -0.3 is 15.1 Å². The van der Waals surface area contributed by atoms with Crippen LogP contribution in [0.4, 0.5) is 17.1 Å². The summed E-state index contributed by atoms with van der Waals surface area (Å²) in [7, 11) is 0. The standard InChI is InChI=1S/C22H29N3O/c1-4-24(5-2)20-10-6-18(7-11-20)22(26)23-19-8-12-21(13-9-19)25-15-14-17(3)16-25/h6-13,17H,4-5,14-16H2,1-3H3,(H,23,26). The Morgan fingerprint density at radius 3 is 2.27 bits per heavy atom. The Morgan fingerprint density at radius 1 is 1.08 bits per heavy atom. The number of carbonyl (C=O) groups excluding carboxylic acids is 1. The van der Waals surface area contributed by atoms with Crippen LogP contribution in [0.15, 0.2) is 48.5 Å². The molecule has 1 saturated heterocycles. The lowest BCUT2D eigenvalue weighted by atomic mass is 10.1. The molecule has 1 atom stereocenters.